The maximum absolute atomic E-state index is 13.0. The van der Waals surface area contributed by atoms with Crippen LogP contribution in [0.2, 0.25) is 5.02 Å². The number of nitrogens with zero attached hydrogens (tertiary/aromatic N) is 5. The number of aromatic nitrogens is 3. The molecule has 0 spiro atoms. The molecule has 1 aliphatic rings. The van der Waals surface area contributed by atoms with Crippen molar-refractivity contribution in [2.45, 2.75) is 50.5 Å². The maximum Gasteiger partial charge on any atom is 0.229 e. The normalized spacial score (nSPS) is 14.6. The number of aliphatic hydroxyl groups is 1. The van der Waals surface area contributed by atoms with Crippen LogP contribution in [-0.2, 0) is 16.4 Å². The Kier molecular flexibility index (Phi) is 11.1. The van der Waals surface area contributed by atoms with Crippen molar-refractivity contribution in [1.82, 2.24) is 24.8 Å². The van der Waals surface area contributed by atoms with Crippen LogP contribution in [0.1, 0.15) is 33.4 Å². The van der Waals surface area contributed by atoms with E-state index < -0.39 is 15.1 Å². The van der Waals surface area contributed by atoms with E-state index in [2.05, 4.69) is 35.8 Å². The molecular weight excluding hydrogens is 646 g/mol. The summed E-state index contributed by atoms with van der Waals surface area (Å²) < 4.78 is 32.1. The van der Waals surface area contributed by atoms with E-state index in [0.717, 1.165) is 55.5 Å². The van der Waals surface area contributed by atoms with Crippen LogP contribution in [-0.4, -0.2) is 89.0 Å². The molecule has 46 heavy (non-hydrogen) atoms. The summed E-state index contributed by atoms with van der Waals surface area (Å²) in [6, 6.07) is 12.5. The van der Waals surface area contributed by atoms with Gasteiger partial charge >= 0.3 is 0 Å². The number of anilines is 4. The van der Waals surface area contributed by atoms with E-state index in [0.29, 0.717) is 17.1 Å². The van der Waals surface area contributed by atoms with Gasteiger partial charge in [0.2, 0.25) is 5.95 Å². The molecule has 1 fully saturated rings. The van der Waals surface area contributed by atoms with Gasteiger partial charge in [-0.05, 0) is 58.0 Å². The highest BCUT2D eigenvalue weighted by Crippen LogP contribution is 2.36. The van der Waals surface area contributed by atoms with Gasteiger partial charge in [0.25, 0.3) is 0 Å². The van der Waals surface area contributed by atoms with Gasteiger partial charge < -0.3 is 20.5 Å². The van der Waals surface area contributed by atoms with Crippen LogP contribution in [0.25, 0.3) is 10.6 Å². The summed E-state index contributed by atoms with van der Waals surface area (Å²) in [6.07, 6.45) is 1.37. The highest BCUT2D eigenvalue weighted by atomic mass is 35.5. The largest absolute Gasteiger partial charge is 0.489 e. The first-order valence-electron chi connectivity index (χ1n) is 15.2. The lowest BCUT2D eigenvalue weighted by atomic mass is 10.2. The Hall–Kier alpha value is -3.33. The molecular formula is C32H40ClN7O4S2. The number of nitrogens with one attached hydrogen (secondary N) is 2. The van der Waals surface area contributed by atoms with Gasteiger partial charge in [-0.25, -0.2) is 18.4 Å². The van der Waals surface area contributed by atoms with Gasteiger partial charge in [0.1, 0.15) is 15.8 Å². The fraction of sp³-hybridized carbons (Fsp3) is 0.406. The molecule has 0 unspecified atom stereocenters. The Balaban J connectivity index is 1.34. The summed E-state index contributed by atoms with van der Waals surface area (Å²) in [7, 11) is -3.55. The second kappa shape index (κ2) is 15.1. The van der Waals surface area contributed by atoms with Crippen LogP contribution in [0.3, 0.4) is 0 Å². The third-order valence-corrected chi connectivity index (χ3v) is 10.9. The van der Waals surface area contributed by atoms with Crippen molar-refractivity contribution < 1.29 is 18.3 Å². The van der Waals surface area contributed by atoms with Crippen LogP contribution >= 0.6 is 22.9 Å². The number of benzene rings is 2. The number of sulfone groups is 1. The quantitative estimate of drug-likeness (QED) is 0.157. The molecule has 4 aromatic rings. The Bertz CT molecular complexity index is 1740. The first-order valence-corrected chi connectivity index (χ1v) is 18.0. The minimum absolute atomic E-state index is 0.0880. The lowest BCUT2D eigenvalue weighted by Crippen LogP contribution is -2.46. The highest BCUT2D eigenvalue weighted by molar-refractivity contribution is 7.92. The lowest BCUT2D eigenvalue weighted by Gasteiger charge is -2.33. The number of hydrogen-bond acceptors (Lipinski definition) is 12. The molecule has 246 valence electrons. The SMILES string of the molecule is CC(C)Oc1cc(-c2nc(CN3CCN(CCO)CC3)cs2)ccc1Nc1ncc(Cl)c(Nc2ccccc2S(=O)(=O)C(C)C)n1. The first-order chi connectivity index (χ1) is 22.0. The third kappa shape index (κ3) is 8.33. The van der Waals surface area contributed by atoms with E-state index in [1.807, 2.05) is 32.0 Å². The van der Waals surface area contributed by atoms with Gasteiger partial charge in [-0.1, -0.05) is 23.7 Å². The van der Waals surface area contributed by atoms with Crippen molar-refractivity contribution in [2.24, 2.45) is 0 Å². The van der Waals surface area contributed by atoms with E-state index >= 15 is 0 Å². The lowest BCUT2D eigenvalue weighted by molar-refractivity contribution is 0.108. The molecule has 0 atom stereocenters. The average molecular weight is 686 g/mol. The van der Waals surface area contributed by atoms with Crippen LogP contribution in [0, 0.1) is 0 Å². The fourth-order valence-corrected chi connectivity index (χ4v) is 7.15. The smallest absolute Gasteiger partial charge is 0.229 e. The standard InChI is InChI=1S/C32H40ClN7O4S2/c1-21(2)44-28-17-23(31-35-24(20-45-31)19-40-13-11-39(12-14-40)15-16-41)9-10-26(28)37-32-34-18-25(33)30(38-32)36-27-7-5-6-8-29(27)46(42,43)22(3)4/h5-10,17-18,20-22,41H,11-16,19H2,1-4H3,(H2,34,36,37,38). The van der Waals surface area contributed by atoms with Crippen molar-refractivity contribution in [3.05, 3.63) is 64.8 Å². The van der Waals surface area contributed by atoms with Gasteiger partial charge in [-0.15, -0.1) is 11.3 Å². The Labute approximate surface area is 279 Å². The number of hydrogen-bond donors (Lipinski definition) is 3. The van der Waals surface area contributed by atoms with Gasteiger partial charge in [-0.2, -0.15) is 4.98 Å². The van der Waals surface area contributed by atoms with Crippen molar-refractivity contribution >= 4 is 55.9 Å². The summed E-state index contributed by atoms with van der Waals surface area (Å²) in [4.78, 5) is 18.7. The summed E-state index contributed by atoms with van der Waals surface area (Å²) in [5, 5.41) is 18.2. The predicted octanol–water partition coefficient (Wildman–Crippen LogP) is 5.82. The molecule has 0 amide bonds. The zero-order valence-corrected chi connectivity index (χ0v) is 28.8. The number of aliphatic hydroxyl groups excluding tert-OH is 1. The number of para-hydroxylation sites is 1. The summed E-state index contributed by atoms with van der Waals surface area (Å²) in [6.45, 7) is 12.7. The molecule has 3 heterocycles. The van der Waals surface area contributed by atoms with Gasteiger partial charge in [0.15, 0.2) is 15.7 Å². The molecule has 1 saturated heterocycles. The van der Waals surface area contributed by atoms with Crippen LogP contribution < -0.4 is 15.4 Å². The minimum atomic E-state index is -3.55. The monoisotopic (exact) mass is 685 g/mol. The molecule has 1 aliphatic heterocycles. The van der Waals surface area contributed by atoms with Crippen molar-refractivity contribution in [3.63, 3.8) is 0 Å². The van der Waals surface area contributed by atoms with Crippen LogP contribution in [0.5, 0.6) is 5.75 Å². The number of halogens is 1. The minimum Gasteiger partial charge on any atom is -0.489 e. The van der Waals surface area contributed by atoms with E-state index in [-0.39, 0.29) is 34.4 Å². The summed E-state index contributed by atoms with van der Waals surface area (Å²) in [5.74, 6) is 1.14. The number of thiazole rings is 1. The molecule has 11 nitrogen and oxygen atoms in total. The van der Waals surface area contributed by atoms with Crippen molar-refractivity contribution in [3.8, 4) is 16.3 Å². The maximum atomic E-state index is 13.0. The van der Waals surface area contributed by atoms with Crippen LogP contribution in [0.15, 0.2) is 58.9 Å². The molecule has 3 N–H and O–H groups in total. The molecule has 14 heteroatoms. The zero-order valence-electron chi connectivity index (χ0n) is 26.4. The number of piperazine rings is 1. The Morgan fingerprint density at radius 3 is 2.46 bits per heavy atom. The Morgan fingerprint density at radius 1 is 1.00 bits per heavy atom. The summed E-state index contributed by atoms with van der Waals surface area (Å²) in [5.41, 5.74) is 3.00. The highest BCUT2D eigenvalue weighted by Gasteiger charge is 2.23. The molecule has 2 aromatic carbocycles. The second-order valence-corrected chi connectivity index (χ2v) is 15.3. The zero-order chi connectivity index (χ0) is 32.8. The molecule has 0 saturated carbocycles. The average Bonchev–Trinajstić information content (AvgIpc) is 3.49. The fourth-order valence-electron chi connectivity index (χ4n) is 5.00. The van der Waals surface area contributed by atoms with E-state index in [1.165, 1.54) is 6.20 Å². The predicted molar refractivity (Wildman–Crippen MR) is 184 cm³/mol. The van der Waals surface area contributed by atoms with Crippen molar-refractivity contribution in [1.29, 1.82) is 0 Å². The van der Waals surface area contributed by atoms with Crippen molar-refractivity contribution in [2.75, 3.05) is 50.0 Å². The topological polar surface area (TPSA) is 133 Å². The van der Waals surface area contributed by atoms with Gasteiger partial charge in [0, 0.05) is 50.2 Å². The summed E-state index contributed by atoms with van der Waals surface area (Å²) >= 11 is 8.04. The van der Waals surface area contributed by atoms with Crippen LogP contribution in [0.4, 0.5) is 23.1 Å². The number of β-amino-alcohol motifs (C(OH)–C–C–N with tert-alkyl or cyclic N) is 1. The second-order valence-electron chi connectivity index (χ2n) is 11.6. The third-order valence-electron chi connectivity index (χ3n) is 7.47. The number of ether oxygens (including phenoxy) is 1. The molecule has 0 aliphatic carbocycles. The van der Waals surface area contributed by atoms with Gasteiger partial charge in [0.05, 0.1) is 46.1 Å². The molecule has 0 radical (unpaired) electrons. The molecule has 5 rings (SSSR count). The molecule has 2 aromatic heterocycles. The Morgan fingerprint density at radius 2 is 1.74 bits per heavy atom. The molecule has 0 bridgehead atoms. The van der Waals surface area contributed by atoms with E-state index in [1.54, 1.807) is 49.4 Å². The first kappa shape index (κ1) is 34.0. The van der Waals surface area contributed by atoms with E-state index in [9.17, 15) is 13.5 Å². The van der Waals surface area contributed by atoms with E-state index in [4.69, 9.17) is 21.3 Å². The number of rotatable bonds is 13. The van der Waals surface area contributed by atoms with Gasteiger partial charge in [-0.3, -0.25) is 9.80 Å².